The number of aromatic amines is 1. The number of hydrogen-bond donors (Lipinski definition) is 8. The van der Waals surface area contributed by atoms with Gasteiger partial charge in [-0.05, 0) is 23.6 Å². The number of aliphatic carboxylic acids is 1. The number of carbonyl (C=O) groups excluding carboxylic acids is 5. The minimum atomic E-state index is -1.71. The van der Waals surface area contributed by atoms with E-state index >= 15 is 0 Å². The standard InChI is InChI=1S/C28H33N7O7/c29-18(10-15-6-2-1-3-7-15)25(38)33-20(11-16-14-32-19-9-5-4-8-17(16)19)26(39)34-21(12-23(30)36)27(40)35-22(28(41)42)13-24(31)37/h1-9,14,18,20-22,32H,10-13,29H2,(H2,30,36)(H2,31,37)(H,33,38)(H,34,39)(H,35,40)(H,41,42). The number of amides is 5. The average Bonchev–Trinajstić information content (AvgIpc) is 3.34. The van der Waals surface area contributed by atoms with E-state index in [4.69, 9.17) is 17.2 Å². The highest BCUT2D eigenvalue weighted by Gasteiger charge is 2.32. The van der Waals surface area contributed by atoms with Gasteiger partial charge < -0.3 is 43.2 Å². The zero-order valence-electron chi connectivity index (χ0n) is 22.5. The van der Waals surface area contributed by atoms with Crippen LogP contribution in [0.15, 0.2) is 60.8 Å². The minimum Gasteiger partial charge on any atom is -0.480 e. The summed E-state index contributed by atoms with van der Waals surface area (Å²) < 4.78 is 0. The SMILES string of the molecule is NC(=O)CC(NC(=O)C(CC(N)=O)NC(=O)C(Cc1c[nH]c2ccccc12)NC(=O)C(N)Cc1ccccc1)C(=O)O. The van der Waals surface area contributed by atoms with Gasteiger partial charge in [-0.2, -0.15) is 0 Å². The Morgan fingerprint density at radius 3 is 1.90 bits per heavy atom. The van der Waals surface area contributed by atoms with Crippen LogP contribution in [0.3, 0.4) is 0 Å². The maximum absolute atomic E-state index is 13.5. The van der Waals surface area contributed by atoms with Gasteiger partial charge in [0.25, 0.3) is 0 Å². The van der Waals surface area contributed by atoms with E-state index < -0.39 is 72.5 Å². The second-order valence-corrected chi connectivity index (χ2v) is 9.72. The second kappa shape index (κ2) is 14.4. The van der Waals surface area contributed by atoms with Crippen molar-refractivity contribution in [3.05, 3.63) is 71.9 Å². The van der Waals surface area contributed by atoms with Crippen molar-refractivity contribution in [3.8, 4) is 0 Å². The molecule has 2 aromatic carbocycles. The predicted molar refractivity (Wildman–Crippen MR) is 151 cm³/mol. The first kappa shape index (κ1) is 31.3. The van der Waals surface area contributed by atoms with E-state index in [1.165, 1.54) is 0 Å². The molecule has 4 unspecified atom stereocenters. The molecule has 1 heterocycles. The van der Waals surface area contributed by atoms with Gasteiger partial charge in [0.1, 0.15) is 18.1 Å². The van der Waals surface area contributed by atoms with Crippen molar-refractivity contribution in [2.24, 2.45) is 17.2 Å². The number of nitrogens with two attached hydrogens (primary N) is 3. The maximum Gasteiger partial charge on any atom is 0.326 e. The van der Waals surface area contributed by atoms with Crippen LogP contribution >= 0.6 is 0 Å². The first-order valence-electron chi connectivity index (χ1n) is 13.0. The molecule has 0 bridgehead atoms. The van der Waals surface area contributed by atoms with Crippen LogP contribution in [-0.4, -0.2) is 69.8 Å². The van der Waals surface area contributed by atoms with Crippen LogP contribution in [0.5, 0.6) is 0 Å². The van der Waals surface area contributed by atoms with Crippen molar-refractivity contribution in [2.45, 2.75) is 49.9 Å². The monoisotopic (exact) mass is 579 g/mol. The Morgan fingerprint density at radius 1 is 0.714 bits per heavy atom. The summed E-state index contributed by atoms with van der Waals surface area (Å²) in [6.07, 6.45) is 0.426. The summed E-state index contributed by atoms with van der Waals surface area (Å²) in [5.74, 6) is -6.10. The third-order valence-electron chi connectivity index (χ3n) is 6.43. The fraction of sp³-hybridized carbons (Fsp3) is 0.286. The fourth-order valence-corrected chi connectivity index (χ4v) is 4.33. The maximum atomic E-state index is 13.5. The number of nitrogens with one attached hydrogen (secondary N) is 4. The zero-order chi connectivity index (χ0) is 30.8. The lowest BCUT2D eigenvalue weighted by Gasteiger charge is -2.24. The largest absolute Gasteiger partial charge is 0.480 e. The smallest absolute Gasteiger partial charge is 0.326 e. The van der Waals surface area contributed by atoms with Crippen molar-refractivity contribution in [3.63, 3.8) is 0 Å². The van der Waals surface area contributed by atoms with E-state index in [-0.39, 0.29) is 12.8 Å². The van der Waals surface area contributed by atoms with Crippen LogP contribution in [-0.2, 0) is 41.6 Å². The molecule has 14 heteroatoms. The number of H-pyrrole nitrogens is 1. The fourth-order valence-electron chi connectivity index (χ4n) is 4.33. The molecular weight excluding hydrogens is 546 g/mol. The van der Waals surface area contributed by atoms with Crippen LogP contribution < -0.4 is 33.2 Å². The van der Waals surface area contributed by atoms with E-state index in [1.54, 1.807) is 36.5 Å². The molecule has 3 aromatic rings. The lowest BCUT2D eigenvalue weighted by atomic mass is 10.0. The molecule has 1 aromatic heterocycles. The molecule has 14 nitrogen and oxygen atoms in total. The quantitative estimate of drug-likeness (QED) is 0.106. The Hall–Kier alpha value is -5.24. The van der Waals surface area contributed by atoms with Gasteiger partial charge in [0.15, 0.2) is 0 Å². The Labute approximate surface area is 240 Å². The van der Waals surface area contributed by atoms with Crippen molar-refractivity contribution in [2.75, 3.05) is 0 Å². The third kappa shape index (κ3) is 8.89. The lowest BCUT2D eigenvalue weighted by Crippen LogP contribution is -2.58. The summed E-state index contributed by atoms with van der Waals surface area (Å²) in [6, 6.07) is 10.7. The lowest BCUT2D eigenvalue weighted by molar-refractivity contribution is -0.144. The zero-order valence-corrected chi connectivity index (χ0v) is 22.5. The summed E-state index contributed by atoms with van der Waals surface area (Å²) in [7, 11) is 0. The molecule has 0 saturated heterocycles. The highest BCUT2D eigenvalue weighted by atomic mass is 16.4. The number of hydrogen-bond acceptors (Lipinski definition) is 7. The molecule has 0 aliphatic carbocycles. The van der Waals surface area contributed by atoms with E-state index in [1.807, 2.05) is 24.3 Å². The number of para-hydroxylation sites is 1. The molecule has 0 radical (unpaired) electrons. The first-order chi connectivity index (χ1) is 19.9. The van der Waals surface area contributed by atoms with Crippen molar-refractivity contribution < 1.29 is 33.9 Å². The molecular formula is C28H33N7O7. The minimum absolute atomic E-state index is 0.0238. The molecule has 5 amide bonds. The van der Waals surface area contributed by atoms with Gasteiger partial charge in [-0.25, -0.2) is 4.79 Å². The molecule has 42 heavy (non-hydrogen) atoms. The summed E-state index contributed by atoms with van der Waals surface area (Å²) in [4.78, 5) is 77.0. The molecule has 4 atom stereocenters. The highest BCUT2D eigenvalue weighted by molar-refractivity contribution is 5.97. The molecule has 3 rings (SSSR count). The number of aromatic nitrogens is 1. The Kier molecular flexibility index (Phi) is 10.7. The van der Waals surface area contributed by atoms with Crippen LogP contribution in [0, 0.1) is 0 Å². The number of carboxylic acids is 1. The van der Waals surface area contributed by atoms with Gasteiger partial charge in [-0.1, -0.05) is 48.5 Å². The number of benzene rings is 2. The topological polar surface area (TPSA) is 253 Å². The molecule has 222 valence electrons. The molecule has 11 N–H and O–H groups in total. The van der Waals surface area contributed by atoms with Crippen LogP contribution in [0.2, 0.25) is 0 Å². The molecule has 0 aliphatic rings. The highest BCUT2D eigenvalue weighted by Crippen LogP contribution is 2.19. The average molecular weight is 580 g/mol. The molecule has 0 saturated carbocycles. The Morgan fingerprint density at radius 2 is 1.26 bits per heavy atom. The Bertz CT molecular complexity index is 1460. The van der Waals surface area contributed by atoms with Crippen LogP contribution in [0.1, 0.15) is 24.0 Å². The number of primary amides is 2. The molecule has 0 aliphatic heterocycles. The molecule has 0 fully saturated rings. The van der Waals surface area contributed by atoms with Gasteiger partial charge in [0.2, 0.25) is 29.5 Å². The van der Waals surface area contributed by atoms with E-state index in [2.05, 4.69) is 20.9 Å². The number of fused-ring (bicyclic) bond motifs is 1. The van der Waals surface area contributed by atoms with Gasteiger partial charge in [0.05, 0.1) is 18.9 Å². The van der Waals surface area contributed by atoms with Crippen molar-refractivity contribution in [1.29, 1.82) is 0 Å². The predicted octanol–water partition coefficient (Wildman–Crippen LogP) is -1.43. The van der Waals surface area contributed by atoms with Crippen LogP contribution in [0.4, 0.5) is 0 Å². The normalized spacial score (nSPS) is 13.7. The third-order valence-corrected chi connectivity index (χ3v) is 6.43. The van der Waals surface area contributed by atoms with Crippen LogP contribution in [0.25, 0.3) is 10.9 Å². The van der Waals surface area contributed by atoms with Gasteiger partial charge in [-0.15, -0.1) is 0 Å². The van der Waals surface area contributed by atoms with Crippen molar-refractivity contribution >= 4 is 46.4 Å². The number of rotatable bonds is 15. The second-order valence-electron chi connectivity index (χ2n) is 9.72. The summed E-state index contributed by atoms with van der Waals surface area (Å²) in [6.45, 7) is 0. The summed E-state index contributed by atoms with van der Waals surface area (Å²) >= 11 is 0. The summed E-state index contributed by atoms with van der Waals surface area (Å²) in [5.41, 5.74) is 18.7. The van der Waals surface area contributed by atoms with E-state index in [9.17, 15) is 33.9 Å². The van der Waals surface area contributed by atoms with E-state index in [0.717, 1.165) is 16.5 Å². The first-order valence-corrected chi connectivity index (χ1v) is 13.0. The van der Waals surface area contributed by atoms with Gasteiger partial charge in [0, 0.05) is 23.5 Å². The number of carbonyl (C=O) groups is 6. The number of carboxylic acid groups (broad SMARTS) is 1. The van der Waals surface area contributed by atoms with Gasteiger partial charge >= 0.3 is 5.97 Å². The van der Waals surface area contributed by atoms with Crippen molar-refractivity contribution in [1.82, 2.24) is 20.9 Å². The molecule has 0 spiro atoms. The van der Waals surface area contributed by atoms with E-state index in [0.29, 0.717) is 5.56 Å². The van der Waals surface area contributed by atoms with Gasteiger partial charge in [-0.3, -0.25) is 24.0 Å². The Balaban J connectivity index is 1.84. The summed E-state index contributed by atoms with van der Waals surface area (Å²) in [5, 5.41) is 17.2.